The minimum absolute atomic E-state index is 0.671. The molecule has 3 N–H and O–H groups in total. The highest BCUT2D eigenvalue weighted by Gasteiger charge is 2.17. The van der Waals surface area contributed by atoms with E-state index in [1.165, 1.54) is 4.90 Å². The van der Waals surface area contributed by atoms with E-state index in [4.69, 9.17) is 10.5 Å². The van der Waals surface area contributed by atoms with Crippen LogP contribution in [0.2, 0.25) is 0 Å². The van der Waals surface area contributed by atoms with Crippen molar-refractivity contribution in [1.29, 1.82) is 0 Å². The highest BCUT2D eigenvalue weighted by Crippen LogP contribution is 2.47. The van der Waals surface area contributed by atoms with Gasteiger partial charge in [0.2, 0.25) is 0 Å². The topological polar surface area (TPSA) is 47.3 Å². The summed E-state index contributed by atoms with van der Waals surface area (Å²) in [5.41, 5.74) is 8.80. The highest BCUT2D eigenvalue weighted by molar-refractivity contribution is 7.99. The van der Waals surface area contributed by atoms with E-state index in [1.807, 2.05) is 31.2 Å². The number of nitrogens with two attached hydrogens (primary N) is 1. The summed E-state index contributed by atoms with van der Waals surface area (Å²) in [7, 11) is 0. The lowest BCUT2D eigenvalue weighted by atomic mass is 10.2. The van der Waals surface area contributed by atoms with Crippen molar-refractivity contribution in [3.8, 4) is 5.75 Å². The fourth-order valence-corrected chi connectivity index (χ4v) is 2.98. The molecule has 1 aliphatic rings. The predicted octanol–water partition coefficient (Wildman–Crippen LogP) is 3.88. The summed E-state index contributed by atoms with van der Waals surface area (Å²) in [6.45, 7) is 2.65. The molecule has 3 nitrogen and oxygen atoms in total. The van der Waals surface area contributed by atoms with E-state index in [0.717, 1.165) is 27.7 Å². The Bertz CT molecular complexity index is 598. The molecule has 18 heavy (non-hydrogen) atoms. The van der Waals surface area contributed by atoms with E-state index in [9.17, 15) is 0 Å². The standard InChI is InChI=1S/C14H14N2OS/c1-2-17-9-6-7-12-11(8-9)16-14-10(15)4-3-5-13(14)18-12/h3-8,16H,2,15H2,1H3. The molecule has 0 saturated heterocycles. The second kappa shape index (κ2) is 4.46. The molecule has 2 aromatic rings. The molecule has 0 atom stereocenters. The minimum Gasteiger partial charge on any atom is -0.494 e. The molecule has 0 aliphatic carbocycles. The average Bonchev–Trinajstić information content (AvgIpc) is 2.38. The maximum atomic E-state index is 5.99. The van der Waals surface area contributed by atoms with Gasteiger partial charge in [-0.15, -0.1) is 0 Å². The smallest absolute Gasteiger partial charge is 0.121 e. The number of nitrogens with one attached hydrogen (secondary N) is 1. The lowest BCUT2D eigenvalue weighted by Gasteiger charge is -2.22. The normalized spacial score (nSPS) is 12.3. The number of fused-ring (bicyclic) bond motifs is 2. The maximum Gasteiger partial charge on any atom is 0.121 e. The quantitative estimate of drug-likeness (QED) is 0.685. The number of hydrogen-bond acceptors (Lipinski definition) is 4. The third kappa shape index (κ3) is 1.88. The summed E-state index contributed by atoms with van der Waals surface area (Å²) in [4.78, 5) is 2.35. The van der Waals surface area contributed by atoms with Gasteiger partial charge in [-0.3, -0.25) is 0 Å². The molecule has 0 bridgehead atoms. The summed E-state index contributed by atoms with van der Waals surface area (Å²) in [6.07, 6.45) is 0. The summed E-state index contributed by atoms with van der Waals surface area (Å²) < 4.78 is 5.51. The number of hydrogen-bond donors (Lipinski definition) is 2. The molecule has 1 heterocycles. The Balaban J connectivity index is 2.01. The van der Waals surface area contributed by atoms with Crippen molar-refractivity contribution in [1.82, 2.24) is 0 Å². The Morgan fingerprint density at radius 3 is 2.94 bits per heavy atom. The fraction of sp³-hybridized carbons (Fsp3) is 0.143. The fourth-order valence-electron chi connectivity index (χ4n) is 1.97. The molecule has 2 aromatic carbocycles. The number of ether oxygens (including phenoxy) is 1. The number of rotatable bonds is 2. The molecule has 0 amide bonds. The summed E-state index contributed by atoms with van der Waals surface area (Å²) in [6, 6.07) is 12.0. The molecular formula is C14H14N2OS. The van der Waals surface area contributed by atoms with Gasteiger partial charge in [-0.05, 0) is 31.2 Å². The van der Waals surface area contributed by atoms with Crippen LogP contribution in [0.4, 0.5) is 17.1 Å². The molecule has 1 aliphatic heterocycles. The van der Waals surface area contributed by atoms with Gasteiger partial charge in [0.1, 0.15) is 5.75 Å². The van der Waals surface area contributed by atoms with E-state index in [-0.39, 0.29) is 0 Å². The summed E-state index contributed by atoms with van der Waals surface area (Å²) in [5, 5.41) is 3.38. The van der Waals surface area contributed by atoms with Gasteiger partial charge in [-0.1, -0.05) is 17.8 Å². The lowest BCUT2D eigenvalue weighted by Crippen LogP contribution is -2.03. The van der Waals surface area contributed by atoms with Crippen LogP contribution in [0.1, 0.15) is 6.92 Å². The molecule has 0 unspecified atom stereocenters. The Morgan fingerprint density at radius 2 is 2.11 bits per heavy atom. The highest BCUT2D eigenvalue weighted by atomic mass is 32.2. The van der Waals surface area contributed by atoms with Gasteiger partial charge < -0.3 is 15.8 Å². The number of para-hydroxylation sites is 1. The van der Waals surface area contributed by atoms with Gasteiger partial charge in [0.05, 0.1) is 23.7 Å². The van der Waals surface area contributed by atoms with Gasteiger partial charge in [0.25, 0.3) is 0 Å². The molecule has 0 spiro atoms. The largest absolute Gasteiger partial charge is 0.494 e. The molecule has 0 saturated carbocycles. The third-order valence-electron chi connectivity index (χ3n) is 2.80. The van der Waals surface area contributed by atoms with Crippen molar-refractivity contribution >= 4 is 28.8 Å². The first kappa shape index (κ1) is 11.3. The van der Waals surface area contributed by atoms with Crippen LogP contribution >= 0.6 is 11.8 Å². The zero-order chi connectivity index (χ0) is 12.5. The third-order valence-corrected chi connectivity index (χ3v) is 3.94. The van der Waals surface area contributed by atoms with E-state index in [2.05, 4.69) is 17.4 Å². The van der Waals surface area contributed by atoms with Crippen LogP contribution < -0.4 is 15.8 Å². The first-order valence-corrected chi connectivity index (χ1v) is 6.70. The first-order valence-electron chi connectivity index (χ1n) is 5.88. The molecule has 0 fully saturated rings. The monoisotopic (exact) mass is 258 g/mol. The minimum atomic E-state index is 0.671. The summed E-state index contributed by atoms with van der Waals surface area (Å²) >= 11 is 1.73. The van der Waals surface area contributed by atoms with Gasteiger partial charge >= 0.3 is 0 Å². The second-order valence-corrected chi connectivity index (χ2v) is 5.12. The lowest BCUT2D eigenvalue weighted by molar-refractivity contribution is 0.340. The van der Waals surface area contributed by atoms with Crippen molar-refractivity contribution in [2.24, 2.45) is 0 Å². The summed E-state index contributed by atoms with van der Waals surface area (Å²) in [5.74, 6) is 0.877. The molecule has 3 rings (SSSR count). The zero-order valence-electron chi connectivity index (χ0n) is 10.1. The van der Waals surface area contributed by atoms with Gasteiger partial charge in [-0.25, -0.2) is 0 Å². The van der Waals surface area contributed by atoms with Crippen molar-refractivity contribution < 1.29 is 4.74 Å². The van der Waals surface area contributed by atoms with Gasteiger partial charge in [-0.2, -0.15) is 0 Å². The Hall–Kier alpha value is -1.81. The Kier molecular flexibility index (Phi) is 2.80. The molecular weight excluding hydrogens is 244 g/mol. The van der Waals surface area contributed by atoms with Gasteiger partial charge in [0.15, 0.2) is 0 Å². The Labute approximate surface area is 110 Å². The van der Waals surface area contributed by atoms with E-state index >= 15 is 0 Å². The molecule has 4 heteroatoms. The van der Waals surface area contributed by atoms with E-state index in [1.54, 1.807) is 11.8 Å². The maximum absolute atomic E-state index is 5.99. The zero-order valence-corrected chi connectivity index (χ0v) is 10.9. The number of nitrogen functional groups attached to an aromatic ring is 1. The van der Waals surface area contributed by atoms with Crippen LogP contribution in [0.3, 0.4) is 0 Å². The van der Waals surface area contributed by atoms with Crippen molar-refractivity contribution in [2.45, 2.75) is 16.7 Å². The van der Waals surface area contributed by atoms with Crippen molar-refractivity contribution in [3.05, 3.63) is 36.4 Å². The van der Waals surface area contributed by atoms with Crippen LogP contribution in [-0.2, 0) is 0 Å². The number of benzene rings is 2. The predicted molar refractivity (Wildman–Crippen MR) is 75.9 cm³/mol. The Morgan fingerprint density at radius 1 is 1.22 bits per heavy atom. The van der Waals surface area contributed by atoms with Crippen molar-refractivity contribution in [3.63, 3.8) is 0 Å². The van der Waals surface area contributed by atoms with Crippen LogP contribution in [-0.4, -0.2) is 6.61 Å². The van der Waals surface area contributed by atoms with Gasteiger partial charge in [0, 0.05) is 15.9 Å². The molecule has 0 aromatic heterocycles. The van der Waals surface area contributed by atoms with Crippen molar-refractivity contribution in [2.75, 3.05) is 17.7 Å². The van der Waals surface area contributed by atoms with Crippen LogP contribution in [0, 0.1) is 0 Å². The van der Waals surface area contributed by atoms with Crippen LogP contribution in [0.15, 0.2) is 46.2 Å². The number of anilines is 3. The average molecular weight is 258 g/mol. The second-order valence-electron chi connectivity index (χ2n) is 4.04. The van der Waals surface area contributed by atoms with Crippen LogP contribution in [0.5, 0.6) is 5.75 Å². The first-order chi connectivity index (χ1) is 8.78. The van der Waals surface area contributed by atoms with Crippen LogP contribution in [0.25, 0.3) is 0 Å². The molecule has 0 radical (unpaired) electrons. The SMILES string of the molecule is CCOc1ccc2c(c1)Nc1c(N)cccc1S2. The van der Waals surface area contributed by atoms with E-state index in [0.29, 0.717) is 6.61 Å². The molecule has 92 valence electrons. The van der Waals surface area contributed by atoms with E-state index < -0.39 is 0 Å².